The van der Waals surface area contributed by atoms with E-state index in [1.807, 2.05) is 12.1 Å². The summed E-state index contributed by atoms with van der Waals surface area (Å²) in [6.07, 6.45) is 5.20. The van der Waals surface area contributed by atoms with E-state index in [-0.39, 0.29) is 0 Å². The van der Waals surface area contributed by atoms with Gasteiger partial charge in [0.05, 0.1) is 26.0 Å². The van der Waals surface area contributed by atoms with Gasteiger partial charge in [0.15, 0.2) is 0 Å². The number of ether oxygens (including phenoxy) is 2. The Hall–Kier alpha value is -2.80. The minimum absolute atomic E-state index is 0.300. The van der Waals surface area contributed by atoms with Crippen LogP contribution in [0.15, 0.2) is 45.6 Å². The van der Waals surface area contributed by atoms with Gasteiger partial charge in [-0.15, -0.1) is 10.2 Å². The Morgan fingerprint density at radius 2 is 1.81 bits per heavy atom. The predicted octanol–water partition coefficient (Wildman–Crippen LogP) is 3.73. The van der Waals surface area contributed by atoms with Gasteiger partial charge in [-0.1, -0.05) is 0 Å². The summed E-state index contributed by atoms with van der Waals surface area (Å²) in [5.74, 6) is 3.17. The van der Waals surface area contributed by atoms with E-state index in [1.54, 1.807) is 26.7 Å². The van der Waals surface area contributed by atoms with Gasteiger partial charge in [-0.25, -0.2) is 0 Å². The Morgan fingerprint density at radius 1 is 1.07 bits per heavy atom. The summed E-state index contributed by atoms with van der Waals surface area (Å²) in [5.41, 5.74) is 2.00. The van der Waals surface area contributed by atoms with Gasteiger partial charge >= 0.3 is 0 Å². The predicted molar refractivity (Wildman–Crippen MR) is 98.8 cm³/mol. The molecule has 0 aliphatic carbocycles. The molecule has 1 aliphatic rings. The second-order valence-corrected chi connectivity index (χ2v) is 6.73. The van der Waals surface area contributed by atoms with Crippen LogP contribution in [0.5, 0.6) is 11.5 Å². The van der Waals surface area contributed by atoms with Gasteiger partial charge in [0.25, 0.3) is 5.89 Å². The van der Waals surface area contributed by atoms with Crippen LogP contribution in [-0.4, -0.2) is 42.4 Å². The summed E-state index contributed by atoms with van der Waals surface area (Å²) in [5, 5.41) is 8.38. The highest BCUT2D eigenvalue weighted by atomic mass is 16.5. The molecule has 0 saturated carbocycles. The molecule has 27 heavy (non-hydrogen) atoms. The lowest BCUT2D eigenvalue weighted by Gasteiger charge is -2.30. The number of rotatable bonds is 6. The van der Waals surface area contributed by atoms with Crippen LogP contribution in [0.25, 0.3) is 11.5 Å². The monoisotopic (exact) mass is 369 g/mol. The van der Waals surface area contributed by atoms with Crippen molar-refractivity contribution in [2.75, 3.05) is 27.3 Å². The van der Waals surface area contributed by atoms with Crippen LogP contribution in [-0.2, 0) is 6.54 Å². The summed E-state index contributed by atoms with van der Waals surface area (Å²) >= 11 is 0. The first kappa shape index (κ1) is 17.6. The molecule has 1 saturated heterocycles. The molecule has 4 rings (SSSR count). The first-order valence-corrected chi connectivity index (χ1v) is 9.05. The van der Waals surface area contributed by atoms with Gasteiger partial charge in [0.2, 0.25) is 5.89 Å². The normalized spacial score (nSPS) is 15.8. The van der Waals surface area contributed by atoms with Crippen molar-refractivity contribution in [1.29, 1.82) is 0 Å². The smallest absolute Gasteiger partial charge is 0.250 e. The maximum Gasteiger partial charge on any atom is 0.250 e. The number of furan rings is 1. The van der Waals surface area contributed by atoms with Gasteiger partial charge in [-0.3, -0.25) is 4.90 Å². The van der Waals surface area contributed by atoms with E-state index in [0.717, 1.165) is 49.5 Å². The Kier molecular flexibility index (Phi) is 5.11. The van der Waals surface area contributed by atoms with Crippen molar-refractivity contribution in [3.05, 3.63) is 48.2 Å². The molecule has 0 unspecified atom stereocenters. The summed E-state index contributed by atoms with van der Waals surface area (Å²) in [6.45, 7) is 2.83. The molecule has 3 aromatic rings. The second kappa shape index (κ2) is 7.84. The molecule has 2 aromatic heterocycles. The van der Waals surface area contributed by atoms with E-state index >= 15 is 0 Å². The van der Waals surface area contributed by atoms with Crippen LogP contribution in [0, 0.1) is 0 Å². The van der Waals surface area contributed by atoms with Gasteiger partial charge in [0.1, 0.15) is 17.8 Å². The minimum Gasteiger partial charge on any atom is -0.497 e. The van der Waals surface area contributed by atoms with E-state index in [0.29, 0.717) is 17.7 Å². The molecule has 0 N–H and O–H groups in total. The molecular formula is C20H23N3O4. The molecule has 0 radical (unpaired) electrons. The average molecular weight is 369 g/mol. The molecule has 0 atom stereocenters. The largest absolute Gasteiger partial charge is 0.497 e. The third-order valence-corrected chi connectivity index (χ3v) is 4.96. The standard InChI is InChI=1S/C20H23N3O4/c1-24-17-9-14(10-18(11-17)25-2)12-23-6-3-15(4-7-23)19-21-22-20(27-19)16-5-8-26-13-16/h5,8-11,13,15H,3-4,6-7,12H2,1-2H3. The molecule has 1 aliphatic heterocycles. The number of hydrogen-bond donors (Lipinski definition) is 0. The number of aromatic nitrogens is 2. The number of piperidine rings is 1. The maximum atomic E-state index is 5.85. The highest BCUT2D eigenvalue weighted by molar-refractivity contribution is 5.49. The van der Waals surface area contributed by atoms with Gasteiger partial charge in [-0.05, 0) is 49.7 Å². The minimum atomic E-state index is 0.300. The zero-order chi connectivity index (χ0) is 18.6. The van der Waals surface area contributed by atoms with E-state index in [1.165, 1.54) is 5.56 Å². The fraction of sp³-hybridized carbons (Fsp3) is 0.400. The Bertz CT molecular complexity index is 845. The van der Waals surface area contributed by atoms with E-state index in [2.05, 4.69) is 27.2 Å². The van der Waals surface area contributed by atoms with Crippen molar-refractivity contribution in [2.45, 2.75) is 25.3 Å². The summed E-state index contributed by atoms with van der Waals surface area (Å²) in [6, 6.07) is 7.83. The quantitative estimate of drug-likeness (QED) is 0.655. The summed E-state index contributed by atoms with van der Waals surface area (Å²) < 4.78 is 21.6. The fourth-order valence-corrected chi connectivity index (χ4v) is 3.46. The molecule has 7 nitrogen and oxygen atoms in total. The van der Waals surface area contributed by atoms with Crippen LogP contribution in [0.4, 0.5) is 0 Å². The Morgan fingerprint density at radius 3 is 2.44 bits per heavy atom. The van der Waals surface area contributed by atoms with Crippen LogP contribution in [0.1, 0.15) is 30.2 Å². The highest BCUT2D eigenvalue weighted by Crippen LogP contribution is 2.31. The third kappa shape index (κ3) is 3.98. The van der Waals surface area contributed by atoms with E-state index < -0.39 is 0 Å². The van der Waals surface area contributed by atoms with Gasteiger partial charge in [-0.2, -0.15) is 0 Å². The molecular weight excluding hydrogens is 346 g/mol. The molecule has 0 bridgehead atoms. The molecule has 142 valence electrons. The van der Waals surface area contributed by atoms with E-state index in [9.17, 15) is 0 Å². The van der Waals surface area contributed by atoms with Crippen molar-refractivity contribution >= 4 is 0 Å². The lowest BCUT2D eigenvalue weighted by Crippen LogP contribution is -2.32. The molecule has 3 heterocycles. The van der Waals surface area contributed by atoms with Gasteiger partial charge < -0.3 is 18.3 Å². The van der Waals surface area contributed by atoms with Crippen molar-refractivity contribution in [3.63, 3.8) is 0 Å². The topological polar surface area (TPSA) is 73.8 Å². The van der Waals surface area contributed by atoms with E-state index in [4.69, 9.17) is 18.3 Å². The van der Waals surface area contributed by atoms with Crippen LogP contribution in [0.2, 0.25) is 0 Å². The number of benzene rings is 1. The number of nitrogens with zero attached hydrogens (tertiary/aromatic N) is 3. The summed E-state index contributed by atoms with van der Waals surface area (Å²) in [4.78, 5) is 2.43. The zero-order valence-corrected chi connectivity index (χ0v) is 15.6. The molecule has 0 amide bonds. The Labute approximate surface area is 157 Å². The number of methoxy groups -OCH3 is 2. The Balaban J connectivity index is 1.37. The summed E-state index contributed by atoms with van der Waals surface area (Å²) in [7, 11) is 3.35. The van der Waals surface area contributed by atoms with Crippen LogP contribution in [0.3, 0.4) is 0 Å². The number of likely N-dealkylation sites (tertiary alicyclic amines) is 1. The molecule has 7 heteroatoms. The lowest BCUT2D eigenvalue weighted by atomic mass is 9.96. The highest BCUT2D eigenvalue weighted by Gasteiger charge is 2.25. The fourth-order valence-electron chi connectivity index (χ4n) is 3.46. The maximum absolute atomic E-state index is 5.85. The first-order valence-electron chi connectivity index (χ1n) is 9.05. The molecule has 1 aromatic carbocycles. The van der Waals surface area contributed by atoms with Crippen LogP contribution >= 0.6 is 0 Å². The second-order valence-electron chi connectivity index (χ2n) is 6.73. The van der Waals surface area contributed by atoms with Crippen molar-refractivity contribution in [3.8, 4) is 23.0 Å². The molecule has 0 spiro atoms. The number of hydrogen-bond acceptors (Lipinski definition) is 7. The van der Waals surface area contributed by atoms with Crippen LogP contribution < -0.4 is 9.47 Å². The molecule has 1 fully saturated rings. The van der Waals surface area contributed by atoms with Crippen molar-refractivity contribution in [1.82, 2.24) is 15.1 Å². The van der Waals surface area contributed by atoms with Crippen molar-refractivity contribution in [2.24, 2.45) is 0 Å². The SMILES string of the molecule is COc1cc(CN2CCC(c3nnc(-c4ccoc4)o3)CC2)cc(OC)c1. The lowest BCUT2D eigenvalue weighted by molar-refractivity contribution is 0.193. The van der Waals surface area contributed by atoms with Crippen molar-refractivity contribution < 1.29 is 18.3 Å². The van der Waals surface area contributed by atoms with Gasteiger partial charge in [0, 0.05) is 18.5 Å². The average Bonchev–Trinajstić information content (AvgIpc) is 3.40. The first-order chi connectivity index (χ1) is 13.2. The zero-order valence-electron chi connectivity index (χ0n) is 15.6. The third-order valence-electron chi connectivity index (χ3n) is 4.96.